The molecule has 0 unspecified atom stereocenters. The highest BCUT2D eigenvalue weighted by Gasteiger charge is 2.08. The van der Waals surface area contributed by atoms with E-state index in [1.165, 1.54) is 12.4 Å². The van der Waals surface area contributed by atoms with Crippen molar-refractivity contribution in [1.82, 2.24) is 9.97 Å². The highest BCUT2D eigenvalue weighted by Crippen LogP contribution is 2.26. The molecule has 0 aliphatic rings. The number of rotatable bonds is 4. The molecule has 0 atom stereocenters. The molecular weight excluding hydrogens is 347 g/mol. The second-order valence-corrected chi connectivity index (χ2v) is 5.68. The molecule has 0 aliphatic heterocycles. The molecule has 0 spiro atoms. The van der Waals surface area contributed by atoms with Crippen molar-refractivity contribution in [3.8, 4) is 0 Å². The third-order valence-electron chi connectivity index (χ3n) is 3.11. The Balaban J connectivity index is 1.68. The lowest BCUT2D eigenvalue weighted by Gasteiger charge is -2.07. The van der Waals surface area contributed by atoms with Crippen molar-refractivity contribution in [2.75, 3.05) is 10.6 Å². The summed E-state index contributed by atoms with van der Waals surface area (Å²) < 4.78 is 0. The Bertz CT molecular complexity index is 854. The van der Waals surface area contributed by atoms with Crippen molar-refractivity contribution >= 4 is 46.3 Å². The number of anilines is 3. The van der Waals surface area contributed by atoms with Gasteiger partial charge in [-0.2, -0.15) is 0 Å². The van der Waals surface area contributed by atoms with Gasteiger partial charge in [-0.15, -0.1) is 0 Å². The molecule has 5 nitrogen and oxygen atoms in total. The smallest absolute Gasteiger partial charge is 0.275 e. The number of carbonyl (C=O) groups excluding carboxylic acids is 1. The third kappa shape index (κ3) is 4.01. The van der Waals surface area contributed by atoms with E-state index in [1.807, 2.05) is 18.2 Å². The van der Waals surface area contributed by atoms with E-state index in [2.05, 4.69) is 20.6 Å². The second-order valence-electron chi connectivity index (χ2n) is 4.86. The van der Waals surface area contributed by atoms with Gasteiger partial charge in [-0.25, -0.2) is 9.97 Å². The lowest BCUT2D eigenvalue weighted by molar-refractivity contribution is 0.102. The summed E-state index contributed by atoms with van der Waals surface area (Å²) in [5.74, 6) is 0.166. The maximum Gasteiger partial charge on any atom is 0.275 e. The summed E-state index contributed by atoms with van der Waals surface area (Å²) in [6.07, 6.45) is 2.88. The number of hydrogen-bond acceptors (Lipinski definition) is 4. The third-order valence-corrected chi connectivity index (χ3v) is 3.85. The van der Waals surface area contributed by atoms with Crippen LogP contribution in [0.2, 0.25) is 10.0 Å². The summed E-state index contributed by atoms with van der Waals surface area (Å²) in [5.41, 5.74) is 1.64. The molecule has 120 valence electrons. The van der Waals surface area contributed by atoms with Gasteiger partial charge in [0.15, 0.2) is 0 Å². The number of benzene rings is 2. The Kier molecular flexibility index (Phi) is 4.93. The molecule has 2 aromatic carbocycles. The van der Waals surface area contributed by atoms with Gasteiger partial charge in [-0.3, -0.25) is 4.79 Å². The molecular formula is C17H12Cl2N4O. The van der Waals surface area contributed by atoms with Crippen molar-refractivity contribution in [2.24, 2.45) is 0 Å². The molecule has 1 amide bonds. The monoisotopic (exact) mass is 358 g/mol. The van der Waals surface area contributed by atoms with Gasteiger partial charge in [0.1, 0.15) is 11.5 Å². The summed E-state index contributed by atoms with van der Waals surface area (Å²) in [6.45, 7) is 0. The van der Waals surface area contributed by atoms with Crippen molar-refractivity contribution in [3.05, 3.63) is 76.7 Å². The zero-order valence-corrected chi connectivity index (χ0v) is 13.8. The van der Waals surface area contributed by atoms with Crippen LogP contribution in [-0.4, -0.2) is 15.9 Å². The number of amides is 1. The molecule has 3 rings (SSSR count). The van der Waals surface area contributed by atoms with Crippen LogP contribution in [0.5, 0.6) is 0 Å². The molecule has 1 aromatic heterocycles. The molecule has 7 heteroatoms. The standard InChI is InChI=1S/C17H12Cl2N4O/c18-13-7-6-12(8-14(13)19)22-16-10-20-15(9-21-16)17(24)23-11-4-2-1-3-5-11/h1-10H,(H,21,22)(H,23,24). The minimum absolute atomic E-state index is 0.221. The first kappa shape index (κ1) is 16.2. The molecule has 0 bridgehead atoms. The first-order valence-corrected chi connectivity index (χ1v) is 7.78. The molecule has 1 heterocycles. The average molecular weight is 359 g/mol. The van der Waals surface area contributed by atoms with Crippen LogP contribution >= 0.6 is 23.2 Å². The van der Waals surface area contributed by atoms with Crippen LogP contribution in [0, 0.1) is 0 Å². The van der Waals surface area contributed by atoms with Gasteiger partial charge in [0.25, 0.3) is 5.91 Å². The zero-order chi connectivity index (χ0) is 16.9. The molecule has 0 aliphatic carbocycles. The van der Waals surface area contributed by atoms with Crippen molar-refractivity contribution in [1.29, 1.82) is 0 Å². The Morgan fingerprint density at radius 1 is 0.875 bits per heavy atom. The Morgan fingerprint density at radius 2 is 1.67 bits per heavy atom. The highest BCUT2D eigenvalue weighted by atomic mass is 35.5. The van der Waals surface area contributed by atoms with Crippen LogP contribution in [0.1, 0.15) is 10.5 Å². The van der Waals surface area contributed by atoms with Crippen LogP contribution < -0.4 is 10.6 Å². The molecule has 24 heavy (non-hydrogen) atoms. The number of aromatic nitrogens is 2. The number of hydrogen-bond donors (Lipinski definition) is 2. The maximum absolute atomic E-state index is 12.1. The first-order valence-electron chi connectivity index (χ1n) is 7.02. The van der Waals surface area contributed by atoms with Crippen molar-refractivity contribution < 1.29 is 4.79 Å². The van der Waals surface area contributed by atoms with E-state index in [1.54, 1.807) is 30.3 Å². The molecule has 0 saturated heterocycles. The van der Waals surface area contributed by atoms with Crippen LogP contribution in [0.3, 0.4) is 0 Å². The van der Waals surface area contributed by atoms with E-state index in [9.17, 15) is 4.79 Å². The van der Waals surface area contributed by atoms with Crippen molar-refractivity contribution in [3.63, 3.8) is 0 Å². The van der Waals surface area contributed by atoms with Gasteiger partial charge in [0.05, 0.1) is 22.4 Å². The van der Waals surface area contributed by atoms with E-state index in [-0.39, 0.29) is 11.6 Å². The molecule has 2 N–H and O–H groups in total. The average Bonchev–Trinajstić information content (AvgIpc) is 2.60. The fourth-order valence-corrected chi connectivity index (χ4v) is 2.25. The van der Waals surface area contributed by atoms with Crippen LogP contribution in [0.25, 0.3) is 0 Å². The Hall–Kier alpha value is -2.63. The summed E-state index contributed by atoms with van der Waals surface area (Å²) in [5, 5.41) is 6.70. The zero-order valence-electron chi connectivity index (χ0n) is 12.3. The Labute approximate surface area is 148 Å². The van der Waals surface area contributed by atoms with Crippen LogP contribution in [0.4, 0.5) is 17.2 Å². The van der Waals surface area contributed by atoms with E-state index in [0.29, 0.717) is 21.6 Å². The Morgan fingerprint density at radius 3 is 2.33 bits per heavy atom. The predicted molar refractivity (Wildman–Crippen MR) is 96.2 cm³/mol. The van der Waals surface area contributed by atoms with Gasteiger partial charge in [-0.1, -0.05) is 41.4 Å². The summed E-state index contributed by atoms with van der Waals surface area (Å²) in [7, 11) is 0. The topological polar surface area (TPSA) is 66.9 Å². The van der Waals surface area contributed by atoms with Crippen LogP contribution in [-0.2, 0) is 0 Å². The molecule has 3 aromatic rings. The first-order chi connectivity index (χ1) is 11.6. The fraction of sp³-hybridized carbons (Fsp3) is 0. The highest BCUT2D eigenvalue weighted by molar-refractivity contribution is 6.42. The van der Waals surface area contributed by atoms with Gasteiger partial charge in [-0.05, 0) is 30.3 Å². The summed E-state index contributed by atoms with van der Waals surface area (Å²) in [6, 6.07) is 14.3. The van der Waals surface area contributed by atoms with Gasteiger partial charge in [0.2, 0.25) is 0 Å². The van der Waals surface area contributed by atoms with Gasteiger partial charge in [0, 0.05) is 11.4 Å². The van der Waals surface area contributed by atoms with E-state index >= 15 is 0 Å². The lowest BCUT2D eigenvalue weighted by atomic mass is 10.3. The quantitative estimate of drug-likeness (QED) is 0.704. The minimum atomic E-state index is -0.324. The van der Waals surface area contributed by atoms with E-state index in [0.717, 1.165) is 5.69 Å². The normalized spacial score (nSPS) is 10.2. The minimum Gasteiger partial charge on any atom is -0.339 e. The van der Waals surface area contributed by atoms with E-state index < -0.39 is 0 Å². The number of carbonyl (C=O) groups is 1. The number of nitrogens with one attached hydrogen (secondary N) is 2. The molecule has 0 radical (unpaired) electrons. The predicted octanol–water partition coefficient (Wildman–Crippen LogP) is 4.78. The van der Waals surface area contributed by atoms with Crippen molar-refractivity contribution in [2.45, 2.75) is 0 Å². The number of nitrogens with zero attached hydrogens (tertiary/aromatic N) is 2. The number of para-hydroxylation sites is 1. The SMILES string of the molecule is O=C(Nc1ccccc1)c1cnc(Nc2ccc(Cl)c(Cl)c2)cn1. The second kappa shape index (κ2) is 7.29. The fourth-order valence-electron chi connectivity index (χ4n) is 1.95. The molecule has 0 fully saturated rings. The number of halogens is 2. The molecule has 0 saturated carbocycles. The van der Waals surface area contributed by atoms with Gasteiger partial charge < -0.3 is 10.6 Å². The summed E-state index contributed by atoms with van der Waals surface area (Å²) >= 11 is 11.8. The lowest BCUT2D eigenvalue weighted by Crippen LogP contribution is -2.14. The van der Waals surface area contributed by atoms with Gasteiger partial charge >= 0.3 is 0 Å². The van der Waals surface area contributed by atoms with Crippen LogP contribution in [0.15, 0.2) is 60.9 Å². The van der Waals surface area contributed by atoms with E-state index in [4.69, 9.17) is 23.2 Å². The maximum atomic E-state index is 12.1. The summed E-state index contributed by atoms with van der Waals surface area (Å²) in [4.78, 5) is 20.4. The largest absolute Gasteiger partial charge is 0.339 e.